The van der Waals surface area contributed by atoms with Gasteiger partial charge in [-0.15, -0.1) is 0 Å². The second kappa shape index (κ2) is 6.29. The smallest absolute Gasteiger partial charge is 0.0268 e. The molecular weight excluding hydrogens is 388 g/mol. The van der Waals surface area contributed by atoms with Crippen molar-refractivity contribution >= 4 is 23.5 Å². The van der Waals surface area contributed by atoms with Crippen LogP contribution in [-0.4, -0.2) is 0 Å². The molecule has 0 atom stereocenters. The SMILES string of the molecule is CC1(C)c2ccccc2-c2cc(-c3ccc4c(c3)Sc3ccccc3S4)ccc21. The average molecular weight is 409 g/mol. The Hall–Kier alpha value is -2.42. The van der Waals surface area contributed by atoms with Gasteiger partial charge in [-0.1, -0.05) is 92.0 Å². The van der Waals surface area contributed by atoms with Gasteiger partial charge in [-0.05, 0) is 63.7 Å². The molecule has 0 unspecified atom stereocenters. The molecule has 0 nitrogen and oxygen atoms in total. The van der Waals surface area contributed by atoms with Crippen LogP contribution in [0.25, 0.3) is 22.3 Å². The molecule has 1 aliphatic carbocycles. The van der Waals surface area contributed by atoms with E-state index >= 15 is 0 Å². The summed E-state index contributed by atoms with van der Waals surface area (Å²) in [6.07, 6.45) is 0. The van der Waals surface area contributed by atoms with E-state index in [1.807, 2.05) is 23.5 Å². The number of rotatable bonds is 1. The minimum absolute atomic E-state index is 0.0660. The van der Waals surface area contributed by atoms with Gasteiger partial charge in [0.05, 0.1) is 0 Å². The third-order valence-corrected chi connectivity index (χ3v) is 8.69. The molecule has 0 amide bonds. The van der Waals surface area contributed by atoms with Gasteiger partial charge >= 0.3 is 0 Å². The second-order valence-electron chi connectivity index (χ2n) is 8.24. The van der Waals surface area contributed by atoms with Crippen molar-refractivity contribution in [2.75, 3.05) is 0 Å². The molecule has 0 saturated heterocycles. The summed E-state index contributed by atoms with van der Waals surface area (Å²) in [7, 11) is 0. The van der Waals surface area contributed by atoms with Crippen LogP contribution in [0.15, 0.2) is 105 Å². The fourth-order valence-corrected chi connectivity index (χ4v) is 6.86. The molecule has 2 aliphatic rings. The van der Waals surface area contributed by atoms with Crippen molar-refractivity contribution in [3.8, 4) is 22.3 Å². The molecule has 0 fully saturated rings. The van der Waals surface area contributed by atoms with Crippen LogP contribution in [0, 0.1) is 0 Å². The molecule has 0 radical (unpaired) electrons. The van der Waals surface area contributed by atoms with Crippen LogP contribution < -0.4 is 0 Å². The molecule has 6 rings (SSSR count). The van der Waals surface area contributed by atoms with Crippen LogP contribution >= 0.6 is 23.5 Å². The Morgan fingerprint density at radius 2 is 1.10 bits per heavy atom. The summed E-state index contributed by atoms with van der Waals surface area (Å²) in [5.74, 6) is 0. The molecule has 29 heavy (non-hydrogen) atoms. The maximum Gasteiger partial charge on any atom is 0.0268 e. The van der Waals surface area contributed by atoms with Crippen LogP contribution in [0.1, 0.15) is 25.0 Å². The first-order chi connectivity index (χ1) is 14.1. The van der Waals surface area contributed by atoms with Gasteiger partial charge in [0.1, 0.15) is 0 Å². The van der Waals surface area contributed by atoms with Crippen LogP contribution in [0.5, 0.6) is 0 Å². The fraction of sp³-hybridized carbons (Fsp3) is 0.111. The van der Waals surface area contributed by atoms with Gasteiger partial charge in [0.2, 0.25) is 0 Å². The van der Waals surface area contributed by atoms with E-state index in [-0.39, 0.29) is 5.41 Å². The number of hydrogen-bond acceptors (Lipinski definition) is 2. The highest BCUT2D eigenvalue weighted by Gasteiger charge is 2.35. The van der Waals surface area contributed by atoms with Gasteiger partial charge in [0.25, 0.3) is 0 Å². The second-order valence-corrected chi connectivity index (χ2v) is 10.4. The van der Waals surface area contributed by atoms with E-state index in [2.05, 4.69) is 98.8 Å². The first kappa shape index (κ1) is 17.4. The molecule has 4 aromatic rings. The highest BCUT2D eigenvalue weighted by molar-refractivity contribution is 8.05. The Bertz CT molecular complexity index is 1280. The predicted molar refractivity (Wildman–Crippen MR) is 124 cm³/mol. The Labute approximate surface area is 180 Å². The molecular formula is C27H20S2. The summed E-state index contributed by atoms with van der Waals surface area (Å²) in [4.78, 5) is 5.42. The van der Waals surface area contributed by atoms with E-state index in [4.69, 9.17) is 0 Å². The zero-order valence-electron chi connectivity index (χ0n) is 16.4. The largest absolute Gasteiger partial charge is 0.0877 e. The van der Waals surface area contributed by atoms with E-state index in [0.717, 1.165) is 0 Å². The summed E-state index contributed by atoms with van der Waals surface area (Å²) in [5.41, 5.74) is 8.28. The van der Waals surface area contributed by atoms with Gasteiger partial charge in [-0.3, -0.25) is 0 Å². The summed E-state index contributed by atoms with van der Waals surface area (Å²) in [6.45, 7) is 4.67. The maximum absolute atomic E-state index is 2.39. The predicted octanol–water partition coefficient (Wildman–Crippen LogP) is 8.28. The van der Waals surface area contributed by atoms with Crippen molar-refractivity contribution in [2.45, 2.75) is 38.8 Å². The third kappa shape index (κ3) is 2.63. The summed E-state index contributed by atoms with van der Waals surface area (Å²) in [6, 6.07) is 31.5. The standard InChI is InChI=1S/C27H20S2/c1-27(2)21-8-4-3-7-19(21)20-15-17(11-13-22(20)27)18-12-14-25-26(16-18)29-24-10-6-5-9-23(24)28-25/h3-16H,1-2H3. The Balaban J connectivity index is 1.45. The van der Waals surface area contributed by atoms with Crippen molar-refractivity contribution in [1.82, 2.24) is 0 Å². The van der Waals surface area contributed by atoms with E-state index in [9.17, 15) is 0 Å². The van der Waals surface area contributed by atoms with Gasteiger partial charge in [-0.25, -0.2) is 0 Å². The van der Waals surface area contributed by atoms with Gasteiger partial charge in [0, 0.05) is 25.0 Å². The number of hydrogen-bond donors (Lipinski definition) is 0. The third-order valence-electron chi connectivity index (χ3n) is 6.15. The quantitative estimate of drug-likeness (QED) is 0.274. The number of benzene rings is 4. The van der Waals surface area contributed by atoms with E-state index < -0.39 is 0 Å². The molecule has 0 aromatic heterocycles. The summed E-state index contributed by atoms with van der Waals surface area (Å²) in [5, 5.41) is 0. The van der Waals surface area contributed by atoms with E-state index in [1.54, 1.807) is 0 Å². The van der Waals surface area contributed by atoms with E-state index in [0.29, 0.717) is 0 Å². The highest BCUT2D eigenvalue weighted by Crippen LogP contribution is 2.51. The highest BCUT2D eigenvalue weighted by atomic mass is 32.2. The Kier molecular flexibility index (Phi) is 3.78. The maximum atomic E-state index is 2.39. The lowest BCUT2D eigenvalue weighted by Gasteiger charge is -2.21. The molecule has 140 valence electrons. The van der Waals surface area contributed by atoms with Crippen LogP contribution in [0.3, 0.4) is 0 Å². The molecule has 4 aromatic carbocycles. The summed E-state index contributed by atoms with van der Waals surface area (Å²) >= 11 is 3.76. The Morgan fingerprint density at radius 1 is 0.517 bits per heavy atom. The Morgan fingerprint density at radius 3 is 1.93 bits per heavy atom. The van der Waals surface area contributed by atoms with Crippen LogP contribution in [0.4, 0.5) is 0 Å². The topological polar surface area (TPSA) is 0 Å². The first-order valence-corrected chi connectivity index (χ1v) is 11.6. The fourth-order valence-electron chi connectivity index (χ4n) is 4.61. The zero-order valence-corrected chi connectivity index (χ0v) is 18.0. The minimum Gasteiger partial charge on any atom is -0.0877 e. The molecule has 0 bridgehead atoms. The number of fused-ring (bicyclic) bond motifs is 5. The van der Waals surface area contributed by atoms with Crippen molar-refractivity contribution in [3.63, 3.8) is 0 Å². The minimum atomic E-state index is 0.0660. The van der Waals surface area contributed by atoms with Crippen molar-refractivity contribution in [2.24, 2.45) is 0 Å². The van der Waals surface area contributed by atoms with Gasteiger partial charge in [0.15, 0.2) is 0 Å². The van der Waals surface area contributed by atoms with Crippen molar-refractivity contribution < 1.29 is 0 Å². The molecule has 1 aliphatic heterocycles. The molecule has 0 N–H and O–H groups in total. The molecule has 1 heterocycles. The lowest BCUT2D eigenvalue weighted by atomic mass is 9.82. The lowest BCUT2D eigenvalue weighted by Crippen LogP contribution is -2.14. The first-order valence-electron chi connectivity index (χ1n) is 9.95. The van der Waals surface area contributed by atoms with Gasteiger partial charge in [-0.2, -0.15) is 0 Å². The van der Waals surface area contributed by atoms with E-state index in [1.165, 1.54) is 53.0 Å². The molecule has 0 spiro atoms. The van der Waals surface area contributed by atoms with Gasteiger partial charge < -0.3 is 0 Å². The monoisotopic (exact) mass is 408 g/mol. The molecule has 2 heteroatoms. The zero-order chi connectivity index (χ0) is 19.6. The van der Waals surface area contributed by atoms with Crippen molar-refractivity contribution in [3.05, 3.63) is 96.1 Å². The summed E-state index contributed by atoms with van der Waals surface area (Å²) < 4.78 is 0. The van der Waals surface area contributed by atoms with Crippen molar-refractivity contribution in [1.29, 1.82) is 0 Å². The molecule has 0 saturated carbocycles. The lowest BCUT2D eigenvalue weighted by molar-refractivity contribution is 0.660. The van der Waals surface area contributed by atoms with Crippen LogP contribution in [-0.2, 0) is 5.41 Å². The normalized spacial score (nSPS) is 15.2. The average Bonchev–Trinajstić information content (AvgIpc) is 2.99. The van der Waals surface area contributed by atoms with Crippen LogP contribution in [0.2, 0.25) is 0 Å².